The number of urea groups is 1. The quantitative estimate of drug-likeness (QED) is 0.424. The minimum absolute atomic E-state index is 0.125. The van der Waals surface area contributed by atoms with Gasteiger partial charge in [-0.3, -0.25) is 4.79 Å². The molecular formula is C22H24ClN7O2. The van der Waals surface area contributed by atoms with Crippen LogP contribution in [0.25, 0.3) is 0 Å². The van der Waals surface area contributed by atoms with Crippen LogP contribution >= 0.6 is 11.6 Å². The molecule has 1 heterocycles. The zero-order chi connectivity index (χ0) is 23.3. The van der Waals surface area contributed by atoms with E-state index in [4.69, 9.17) is 17.3 Å². The summed E-state index contributed by atoms with van der Waals surface area (Å²) in [6, 6.07) is 14.3. The molecule has 5 N–H and O–H groups in total. The van der Waals surface area contributed by atoms with Crippen LogP contribution in [0, 0.1) is 0 Å². The lowest BCUT2D eigenvalue weighted by molar-refractivity contribution is 0.100. The molecule has 0 aliphatic heterocycles. The highest BCUT2D eigenvalue weighted by Gasteiger charge is 2.16. The van der Waals surface area contributed by atoms with Crippen LogP contribution in [0.3, 0.4) is 0 Å². The summed E-state index contributed by atoms with van der Waals surface area (Å²) in [5.41, 5.74) is 7.72. The Hall–Kier alpha value is -3.85. The van der Waals surface area contributed by atoms with Crippen LogP contribution < -0.4 is 21.7 Å². The van der Waals surface area contributed by atoms with Crippen molar-refractivity contribution in [3.05, 3.63) is 70.9 Å². The smallest absolute Gasteiger partial charge is 0.321 e. The van der Waals surface area contributed by atoms with Crippen LogP contribution in [-0.2, 0) is 0 Å². The number of halogens is 1. The van der Waals surface area contributed by atoms with Gasteiger partial charge in [0, 0.05) is 32.0 Å². The molecule has 32 heavy (non-hydrogen) atoms. The number of primary amides is 1. The molecule has 0 saturated carbocycles. The zero-order valence-electron chi connectivity index (χ0n) is 17.9. The predicted octanol–water partition coefficient (Wildman–Crippen LogP) is 4.24. The minimum Gasteiger partial charge on any atom is -0.365 e. The van der Waals surface area contributed by atoms with E-state index in [1.165, 1.54) is 11.1 Å². The number of nitrogens with one attached hydrogen (secondary N) is 3. The van der Waals surface area contributed by atoms with Crippen LogP contribution in [0.5, 0.6) is 0 Å². The number of hydrogen-bond donors (Lipinski definition) is 4. The van der Waals surface area contributed by atoms with Crippen molar-refractivity contribution in [1.82, 2.24) is 14.9 Å². The Morgan fingerprint density at radius 3 is 2.50 bits per heavy atom. The molecule has 0 spiro atoms. The van der Waals surface area contributed by atoms with E-state index < -0.39 is 5.91 Å². The summed E-state index contributed by atoms with van der Waals surface area (Å²) in [6.45, 7) is 1.95. The van der Waals surface area contributed by atoms with Gasteiger partial charge in [-0.25, -0.2) is 9.78 Å². The van der Waals surface area contributed by atoms with Crippen molar-refractivity contribution in [2.75, 3.05) is 30.0 Å². The molecule has 10 heteroatoms. The fourth-order valence-corrected chi connectivity index (χ4v) is 2.98. The van der Waals surface area contributed by atoms with E-state index in [2.05, 4.69) is 25.9 Å². The van der Waals surface area contributed by atoms with Gasteiger partial charge in [0.05, 0.1) is 16.3 Å². The van der Waals surface area contributed by atoms with Gasteiger partial charge >= 0.3 is 6.03 Å². The maximum Gasteiger partial charge on any atom is 0.321 e. The van der Waals surface area contributed by atoms with Gasteiger partial charge in [0.25, 0.3) is 5.91 Å². The molecule has 0 radical (unpaired) electrons. The van der Waals surface area contributed by atoms with Crippen LogP contribution in [0.2, 0.25) is 5.02 Å². The molecule has 9 nitrogen and oxygen atoms in total. The van der Waals surface area contributed by atoms with Gasteiger partial charge in [0.2, 0.25) is 5.95 Å². The normalized spacial score (nSPS) is 11.4. The van der Waals surface area contributed by atoms with E-state index in [1.54, 1.807) is 32.3 Å². The van der Waals surface area contributed by atoms with Crippen LogP contribution in [0.4, 0.5) is 27.9 Å². The monoisotopic (exact) mass is 453 g/mol. The lowest BCUT2D eigenvalue weighted by Gasteiger charge is -2.18. The molecular weight excluding hydrogens is 430 g/mol. The Morgan fingerprint density at radius 2 is 1.84 bits per heavy atom. The molecule has 0 aliphatic carbocycles. The number of benzene rings is 2. The average Bonchev–Trinajstić information content (AvgIpc) is 2.76. The third-order valence-corrected chi connectivity index (χ3v) is 4.91. The Kier molecular flexibility index (Phi) is 7.11. The first-order chi connectivity index (χ1) is 15.2. The largest absolute Gasteiger partial charge is 0.365 e. The van der Waals surface area contributed by atoms with Gasteiger partial charge in [0.1, 0.15) is 5.82 Å². The van der Waals surface area contributed by atoms with E-state index >= 15 is 0 Å². The van der Waals surface area contributed by atoms with E-state index in [-0.39, 0.29) is 23.6 Å². The summed E-state index contributed by atoms with van der Waals surface area (Å²) >= 11 is 6.19. The van der Waals surface area contributed by atoms with Crippen LogP contribution in [0.1, 0.15) is 28.9 Å². The number of rotatable bonds is 7. The van der Waals surface area contributed by atoms with Crippen LogP contribution in [-0.4, -0.2) is 40.9 Å². The summed E-state index contributed by atoms with van der Waals surface area (Å²) in [5, 5.41) is 9.37. The fraction of sp³-hybridized carbons (Fsp3) is 0.182. The third kappa shape index (κ3) is 5.64. The molecule has 166 valence electrons. The minimum atomic E-state index is -0.639. The molecule has 0 aliphatic rings. The average molecular weight is 454 g/mol. The first-order valence-corrected chi connectivity index (χ1v) is 10.2. The molecule has 1 atom stereocenters. The first-order valence-electron chi connectivity index (χ1n) is 9.78. The van der Waals surface area contributed by atoms with Crippen molar-refractivity contribution in [2.24, 2.45) is 5.73 Å². The molecule has 0 bridgehead atoms. The number of anilines is 4. The second-order valence-electron chi connectivity index (χ2n) is 7.24. The Balaban J connectivity index is 1.85. The maximum absolute atomic E-state index is 12.0. The molecule has 2 aromatic carbocycles. The van der Waals surface area contributed by atoms with E-state index in [0.29, 0.717) is 22.2 Å². The van der Waals surface area contributed by atoms with Crippen molar-refractivity contribution in [3.8, 4) is 0 Å². The van der Waals surface area contributed by atoms with Crippen molar-refractivity contribution in [1.29, 1.82) is 0 Å². The van der Waals surface area contributed by atoms with Crippen LogP contribution in [0.15, 0.2) is 54.7 Å². The highest BCUT2D eigenvalue weighted by molar-refractivity contribution is 6.33. The summed E-state index contributed by atoms with van der Waals surface area (Å²) in [6.07, 6.45) is 1.36. The van der Waals surface area contributed by atoms with E-state index in [1.807, 2.05) is 37.3 Å². The Labute approximate surface area is 191 Å². The van der Waals surface area contributed by atoms with Gasteiger partial charge in [0.15, 0.2) is 0 Å². The molecule has 3 amide bonds. The number of hydrogen-bond acceptors (Lipinski definition) is 6. The number of amides is 3. The third-order valence-electron chi connectivity index (χ3n) is 4.58. The lowest BCUT2D eigenvalue weighted by Crippen LogP contribution is -2.27. The maximum atomic E-state index is 12.0. The highest BCUT2D eigenvalue weighted by atomic mass is 35.5. The second-order valence-corrected chi connectivity index (χ2v) is 7.65. The Bertz CT molecular complexity index is 1120. The fourth-order valence-electron chi connectivity index (χ4n) is 2.82. The first kappa shape index (κ1) is 22.8. The predicted molar refractivity (Wildman–Crippen MR) is 126 cm³/mol. The zero-order valence-corrected chi connectivity index (χ0v) is 18.6. The van der Waals surface area contributed by atoms with Crippen molar-refractivity contribution >= 4 is 46.7 Å². The number of aromatic nitrogens is 2. The molecule has 3 rings (SSSR count). The standard InChI is InChI=1S/C22H24ClN7O2/c1-13(14-7-5-4-6-8-14)26-20-16(19(24)31)12-25-21(29-20)27-15-9-10-17(23)18(11-15)28-22(32)30(2)3/h4-13H,1-3H3,(H2,24,31)(H,28,32)(H2,25,26,27,29)/t13-/m1/s1. The van der Waals surface area contributed by atoms with E-state index in [9.17, 15) is 9.59 Å². The summed E-state index contributed by atoms with van der Waals surface area (Å²) < 4.78 is 0. The van der Waals surface area contributed by atoms with Crippen molar-refractivity contribution in [3.63, 3.8) is 0 Å². The van der Waals surface area contributed by atoms with Crippen molar-refractivity contribution in [2.45, 2.75) is 13.0 Å². The van der Waals surface area contributed by atoms with Gasteiger partial charge in [-0.05, 0) is 30.7 Å². The summed E-state index contributed by atoms with van der Waals surface area (Å²) in [5.74, 6) is -0.0918. The number of carbonyl (C=O) groups excluding carboxylic acids is 2. The SMILES string of the molecule is C[C@@H](Nc1nc(Nc2ccc(Cl)c(NC(=O)N(C)C)c2)ncc1C(N)=O)c1ccccc1. The summed E-state index contributed by atoms with van der Waals surface area (Å²) in [4.78, 5) is 33.8. The molecule has 0 fully saturated rings. The summed E-state index contributed by atoms with van der Waals surface area (Å²) in [7, 11) is 3.26. The topological polar surface area (TPSA) is 125 Å². The Morgan fingerprint density at radius 1 is 1.12 bits per heavy atom. The van der Waals surface area contributed by atoms with Gasteiger partial charge in [-0.15, -0.1) is 0 Å². The number of nitrogens with zero attached hydrogens (tertiary/aromatic N) is 3. The highest BCUT2D eigenvalue weighted by Crippen LogP contribution is 2.28. The van der Waals surface area contributed by atoms with Gasteiger partial charge < -0.3 is 26.6 Å². The second kappa shape index (κ2) is 9.97. The van der Waals surface area contributed by atoms with Crippen molar-refractivity contribution < 1.29 is 9.59 Å². The molecule has 0 saturated heterocycles. The molecule has 0 unspecified atom stereocenters. The van der Waals surface area contributed by atoms with E-state index in [0.717, 1.165) is 5.56 Å². The lowest BCUT2D eigenvalue weighted by atomic mass is 10.1. The molecule has 1 aromatic heterocycles. The number of carbonyl (C=O) groups is 2. The van der Waals surface area contributed by atoms with Gasteiger partial charge in [-0.2, -0.15) is 4.98 Å². The number of nitrogens with two attached hydrogens (primary N) is 1. The van der Waals surface area contributed by atoms with Gasteiger partial charge in [-0.1, -0.05) is 41.9 Å². The molecule has 3 aromatic rings.